The smallest absolute Gasteiger partial charge is 0.461 e. The van der Waals surface area contributed by atoms with Crippen LogP contribution in [0, 0.1) is 0 Å². The molecule has 9 heteroatoms. The highest BCUT2D eigenvalue weighted by atomic mass is 16.7. The lowest BCUT2D eigenvalue weighted by molar-refractivity contribution is -0.142. The molecule has 186 valence electrons. The zero-order valence-electron chi connectivity index (χ0n) is 21.3. The Kier molecular flexibility index (Phi) is 6.04. The van der Waals surface area contributed by atoms with Crippen LogP contribution in [-0.4, -0.2) is 46.3 Å². The summed E-state index contributed by atoms with van der Waals surface area (Å²) < 4.78 is 20.2. The summed E-state index contributed by atoms with van der Waals surface area (Å²) in [6.07, 6.45) is 7.28. The fourth-order valence-corrected chi connectivity index (χ4v) is 5.26. The molecule has 0 N–H and O–H groups in total. The van der Waals surface area contributed by atoms with E-state index < -0.39 is 24.3 Å². The molecule has 3 aliphatic rings. The van der Waals surface area contributed by atoms with Crippen LogP contribution >= 0.6 is 0 Å². The minimum atomic E-state index is -0.660. The number of anilines is 1. The molecule has 2 aromatic heterocycles. The maximum Gasteiger partial charge on any atom is 0.495 e. The molecule has 8 nitrogen and oxygen atoms in total. The van der Waals surface area contributed by atoms with Crippen molar-refractivity contribution in [2.75, 3.05) is 11.4 Å². The van der Waals surface area contributed by atoms with Gasteiger partial charge in [0, 0.05) is 37.5 Å². The Morgan fingerprint density at radius 1 is 1.11 bits per heavy atom. The first-order valence-electron chi connectivity index (χ1n) is 12.6. The first-order valence-corrected chi connectivity index (χ1v) is 12.6. The number of fused-ring (bicyclic) bond motifs is 3. The average Bonchev–Trinajstić information content (AvgIpc) is 3.13. The van der Waals surface area contributed by atoms with Crippen molar-refractivity contribution in [3.05, 3.63) is 40.8 Å². The van der Waals surface area contributed by atoms with Crippen molar-refractivity contribution >= 4 is 30.3 Å². The first kappa shape index (κ1) is 24.1. The van der Waals surface area contributed by atoms with Crippen LogP contribution in [-0.2, 0) is 44.8 Å². The summed E-state index contributed by atoms with van der Waals surface area (Å²) in [6, 6.07) is 3.89. The van der Waals surface area contributed by atoms with E-state index in [2.05, 4.69) is 15.6 Å². The second kappa shape index (κ2) is 8.78. The third kappa shape index (κ3) is 4.18. The van der Waals surface area contributed by atoms with E-state index in [0.29, 0.717) is 30.2 Å². The molecule has 0 aromatic carbocycles. The molecule has 1 amide bonds. The van der Waals surface area contributed by atoms with Gasteiger partial charge in [0.25, 0.3) is 5.91 Å². The molecule has 0 spiro atoms. The zero-order valence-corrected chi connectivity index (χ0v) is 21.3. The highest BCUT2D eigenvalue weighted by Gasteiger charge is 2.52. The van der Waals surface area contributed by atoms with Crippen molar-refractivity contribution in [1.29, 1.82) is 0 Å². The van der Waals surface area contributed by atoms with Crippen molar-refractivity contribution in [3.8, 4) is 0 Å². The van der Waals surface area contributed by atoms with E-state index in [1.54, 1.807) is 11.1 Å². The van der Waals surface area contributed by atoms with E-state index in [9.17, 15) is 9.59 Å². The van der Waals surface area contributed by atoms with Crippen LogP contribution in [0.1, 0.15) is 81.2 Å². The number of nitrogens with zero attached hydrogens (tertiary/aromatic N) is 3. The summed E-state index contributed by atoms with van der Waals surface area (Å²) in [7, 11) is -0.660. The van der Waals surface area contributed by atoms with Gasteiger partial charge in [-0.2, -0.15) is 0 Å². The predicted octanol–water partition coefficient (Wildman–Crippen LogP) is 3.17. The van der Waals surface area contributed by atoms with Gasteiger partial charge < -0.3 is 18.6 Å². The number of carbonyl (C=O) groups is 2. The number of rotatable bonds is 4. The topological polar surface area (TPSA) is 82.9 Å². The summed E-state index contributed by atoms with van der Waals surface area (Å²) in [5.74, 6) is 0.0142. The van der Waals surface area contributed by atoms with E-state index in [1.165, 1.54) is 37.4 Å². The Morgan fingerprint density at radius 2 is 1.83 bits per heavy atom. The number of pyridine rings is 1. The van der Waals surface area contributed by atoms with Crippen molar-refractivity contribution in [3.63, 3.8) is 0 Å². The molecule has 0 unspecified atom stereocenters. The van der Waals surface area contributed by atoms with E-state index in [4.69, 9.17) is 14.0 Å². The van der Waals surface area contributed by atoms with Gasteiger partial charge in [-0.25, -0.2) is 4.98 Å². The third-order valence-electron chi connectivity index (χ3n) is 7.92. The van der Waals surface area contributed by atoms with Gasteiger partial charge >= 0.3 is 13.1 Å². The lowest BCUT2D eigenvalue weighted by Crippen LogP contribution is -2.44. The van der Waals surface area contributed by atoms with E-state index >= 15 is 0 Å². The maximum absolute atomic E-state index is 13.7. The molecule has 0 bridgehead atoms. The van der Waals surface area contributed by atoms with Crippen LogP contribution in [0.3, 0.4) is 0 Å². The van der Waals surface area contributed by atoms with Gasteiger partial charge in [-0.05, 0) is 76.5 Å². The molecular formula is C26H34BN3O5. The lowest BCUT2D eigenvalue weighted by atomic mass is 9.76. The average molecular weight is 479 g/mol. The van der Waals surface area contributed by atoms with E-state index in [0.717, 1.165) is 18.3 Å². The number of amides is 1. The molecule has 5 rings (SSSR count). The van der Waals surface area contributed by atoms with Gasteiger partial charge in [0.2, 0.25) is 0 Å². The number of ether oxygens (including phenoxy) is 1. The van der Waals surface area contributed by atoms with Gasteiger partial charge in [0.05, 0.1) is 11.2 Å². The highest BCUT2D eigenvalue weighted by Crippen LogP contribution is 2.37. The maximum atomic E-state index is 13.7. The van der Waals surface area contributed by atoms with Gasteiger partial charge in [0.1, 0.15) is 18.1 Å². The second-order valence-electron chi connectivity index (χ2n) is 10.7. The van der Waals surface area contributed by atoms with Crippen LogP contribution in [0.2, 0.25) is 0 Å². The Labute approximate surface area is 207 Å². The standard InChI is InChI=1S/C26H34BN3O5/c1-17(31)33-16-19-20(27-34-25(2,3)26(4,5)35-27)11-12-28-23(19)30-14-13-29-21-10-8-6-7-9-18(21)15-22(29)24(30)32/h11-12,15H,6-10,13-14,16H2,1-5H3. The van der Waals surface area contributed by atoms with E-state index in [-0.39, 0.29) is 12.5 Å². The van der Waals surface area contributed by atoms with Crippen LogP contribution in [0.4, 0.5) is 5.82 Å². The lowest BCUT2D eigenvalue weighted by Gasteiger charge is -2.32. The van der Waals surface area contributed by atoms with Gasteiger partial charge in [-0.15, -0.1) is 0 Å². The SMILES string of the molecule is CC(=O)OCc1c(B2OC(C)(C)C(C)(C)O2)ccnc1N1CCn2c(cc3c2CCCCC3)C1=O. The van der Waals surface area contributed by atoms with Gasteiger partial charge in [-0.3, -0.25) is 14.5 Å². The van der Waals surface area contributed by atoms with Crippen molar-refractivity contribution in [2.24, 2.45) is 0 Å². The summed E-state index contributed by atoms with van der Waals surface area (Å²) in [5.41, 5.74) is 3.62. The number of aromatic nitrogens is 2. The number of esters is 1. The summed E-state index contributed by atoms with van der Waals surface area (Å²) >= 11 is 0. The summed E-state index contributed by atoms with van der Waals surface area (Å²) in [5, 5.41) is 0. The van der Waals surface area contributed by atoms with Crippen molar-refractivity contribution in [2.45, 2.75) is 91.1 Å². The fraction of sp³-hybridized carbons (Fsp3) is 0.577. The minimum Gasteiger partial charge on any atom is -0.461 e. The molecule has 1 saturated heterocycles. The normalized spacial score (nSPS) is 20.9. The summed E-state index contributed by atoms with van der Waals surface area (Å²) in [6.45, 7) is 10.5. The minimum absolute atomic E-state index is 0.0147. The molecule has 1 fully saturated rings. The van der Waals surface area contributed by atoms with Crippen molar-refractivity contribution in [1.82, 2.24) is 9.55 Å². The molecule has 0 saturated carbocycles. The summed E-state index contributed by atoms with van der Waals surface area (Å²) in [4.78, 5) is 31.8. The van der Waals surface area contributed by atoms with E-state index in [1.807, 2.05) is 33.8 Å². The Balaban J connectivity index is 1.53. The quantitative estimate of drug-likeness (QED) is 0.381. The molecule has 0 radical (unpaired) electrons. The number of carbonyl (C=O) groups excluding carboxylic acids is 2. The number of hydrogen-bond donors (Lipinski definition) is 0. The third-order valence-corrected chi connectivity index (χ3v) is 7.92. The molecule has 2 aliphatic heterocycles. The number of hydrogen-bond acceptors (Lipinski definition) is 6. The van der Waals surface area contributed by atoms with Crippen LogP contribution in [0.25, 0.3) is 0 Å². The van der Waals surface area contributed by atoms with Gasteiger partial charge in [0.15, 0.2) is 0 Å². The monoisotopic (exact) mass is 479 g/mol. The molecule has 35 heavy (non-hydrogen) atoms. The molecule has 4 heterocycles. The Morgan fingerprint density at radius 3 is 2.54 bits per heavy atom. The second-order valence-corrected chi connectivity index (χ2v) is 10.7. The Bertz CT molecular complexity index is 1160. The predicted molar refractivity (Wildman–Crippen MR) is 133 cm³/mol. The molecule has 0 atom stereocenters. The zero-order chi connectivity index (χ0) is 25.0. The van der Waals surface area contributed by atoms with Crippen LogP contribution < -0.4 is 10.4 Å². The largest absolute Gasteiger partial charge is 0.495 e. The first-order chi connectivity index (χ1) is 16.6. The van der Waals surface area contributed by atoms with Crippen molar-refractivity contribution < 1.29 is 23.6 Å². The highest BCUT2D eigenvalue weighted by molar-refractivity contribution is 6.62. The Hall–Kier alpha value is -2.65. The van der Waals surface area contributed by atoms with Gasteiger partial charge in [-0.1, -0.05) is 6.42 Å². The number of aryl methyl sites for hydroxylation is 1. The van der Waals surface area contributed by atoms with Crippen LogP contribution in [0.5, 0.6) is 0 Å². The molecular weight excluding hydrogens is 445 g/mol. The molecule has 2 aromatic rings. The van der Waals surface area contributed by atoms with Crippen LogP contribution in [0.15, 0.2) is 18.3 Å². The fourth-order valence-electron chi connectivity index (χ4n) is 5.26. The molecule has 1 aliphatic carbocycles.